The molecule has 0 radical (unpaired) electrons. The van der Waals surface area contributed by atoms with Crippen molar-refractivity contribution in [2.45, 2.75) is 13.5 Å². The number of aryl methyl sites for hydroxylation is 1. The molecule has 0 spiro atoms. The largest absolute Gasteiger partial charge is 0.489 e. The molecular formula is C23H19Cl2N3O3. The molecule has 6 nitrogen and oxygen atoms in total. The maximum absolute atomic E-state index is 11.9. The van der Waals surface area contributed by atoms with Crippen LogP contribution in [0, 0.1) is 6.92 Å². The van der Waals surface area contributed by atoms with Crippen LogP contribution >= 0.6 is 23.2 Å². The molecule has 0 fully saturated rings. The zero-order valence-corrected chi connectivity index (χ0v) is 18.1. The number of ether oxygens (including phenoxy) is 1. The molecule has 3 aromatic carbocycles. The summed E-state index contributed by atoms with van der Waals surface area (Å²) in [5.41, 5.74) is 5.20. The molecule has 0 saturated heterocycles. The summed E-state index contributed by atoms with van der Waals surface area (Å²) in [7, 11) is 0. The first-order valence-corrected chi connectivity index (χ1v) is 10.0. The van der Waals surface area contributed by atoms with Crippen molar-refractivity contribution in [3.63, 3.8) is 0 Å². The summed E-state index contributed by atoms with van der Waals surface area (Å²) in [6.45, 7) is 2.16. The second kappa shape index (κ2) is 10.6. The number of rotatable bonds is 6. The predicted octanol–water partition coefficient (Wildman–Crippen LogP) is 4.97. The number of hydrogen-bond acceptors (Lipinski definition) is 4. The molecule has 0 aliphatic carbocycles. The number of carbonyl (C=O) groups is 2. The van der Waals surface area contributed by atoms with Crippen molar-refractivity contribution in [2.24, 2.45) is 5.10 Å². The van der Waals surface area contributed by atoms with Crippen molar-refractivity contribution in [3.05, 3.63) is 93.5 Å². The number of nitrogens with one attached hydrogen (secondary N) is 2. The minimum atomic E-state index is -0.867. The van der Waals surface area contributed by atoms with Crippen LogP contribution < -0.4 is 15.5 Å². The van der Waals surface area contributed by atoms with Crippen LogP contribution in [0.1, 0.15) is 16.7 Å². The third kappa shape index (κ3) is 6.57. The maximum atomic E-state index is 11.9. The van der Waals surface area contributed by atoms with E-state index in [1.165, 1.54) is 6.21 Å². The van der Waals surface area contributed by atoms with Crippen molar-refractivity contribution < 1.29 is 14.3 Å². The number of benzene rings is 3. The van der Waals surface area contributed by atoms with Crippen LogP contribution in [-0.4, -0.2) is 18.0 Å². The quantitative estimate of drug-likeness (QED) is 0.312. The van der Waals surface area contributed by atoms with Gasteiger partial charge in [-0.05, 0) is 61.0 Å². The molecule has 0 bridgehead atoms. The number of hydrogen-bond donors (Lipinski definition) is 2. The maximum Gasteiger partial charge on any atom is 0.329 e. The first-order valence-electron chi connectivity index (χ1n) is 9.29. The Morgan fingerprint density at radius 3 is 2.23 bits per heavy atom. The van der Waals surface area contributed by atoms with Gasteiger partial charge in [0, 0.05) is 21.3 Å². The lowest BCUT2D eigenvalue weighted by atomic mass is 10.2. The third-order valence-corrected chi connectivity index (χ3v) is 4.93. The molecule has 0 aromatic heterocycles. The van der Waals surface area contributed by atoms with Gasteiger partial charge in [-0.25, -0.2) is 5.43 Å². The van der Waals surface area contributed by atoms with Crippen molar-refractivity contribution >= 4 is 46.9 Å². The first-order chi connectivity index (χ1) is 14.9. The van der Waals surface area contributed by atoms with Gasteiger partial charge in [0.05, 0.1) is 6.21 Å². The minimum Gasteiger partial charge on any atom is -0.489 e. The molecular weight excluding hydrogens is 437 g/mol. The summed E-state index contributed by atoms with van der Waals surface area (Å²) in [5, 5.41) is 7.38. The van der Waals surface area contributed by atoms with Gasteiger partial charge in [-0.15, -0.1) is 0 Å². The van der Waals surface area contributed by atoms with Gasteiger partial charge in [-0.2, -0.15) is 5.10 Å². The monoisotopic (exact) mass is 455 g/mol. The second-order valence-corrected chi connectivity index (χ2v) is 7.39. The minimum absolute atomic E-state index is 0.234. The average Bonchev–Trinajstić information content (AvgIpc) is 2.76. The number of carbonyl (C=O) groups excluding carboxylic acids is 2. The normalized spacial score (nSPS) is 10.7. The average molecular weight is 456 g/mol. The first kappa shape index (κ1) is 22.3. The number of hydrazone groups is 1. The molecule has 2 amide bonds. The lowest BCUT2D eigenvalue weighted by Crippen LogP contribution is -2.32. The molecule has 0 atom stereocenters. The Bertz CT molecular complexity index is 1080. The SMILES string of the molecule is Cc1ccc(NC(=O)C(=O)N/N=C/c2ccc(OCc3c(Cl)cccc3Cl)cc2)cc1. The molecule has 0 aliphatic heterocycles. The fourth-order valence-electron chi connectivity index (χ4n) is 2.52. The third-order valence-electron chi connectivity index (χ3n) is 4.22. The molecule has 31 heavy (non-hydrogen) atoms. The van der Waals surface area contributed by atoms with E-state index >= 15 is 0 Å². The van der Waals surface area contributed by atoms with Gasteiger partial charge in [0.2, 0.25) is 0 Å². The van der Waals surface area contributed by atoms with E-state index in [4.69, 9.17) is 27.9 Å². The Morgan fingerprint density at radius 1 is 0.935 bits per heavy atom. The summed E-state index contributed by atoms with van der Waals surface area (Å²) >= 11 is 12.3. The lowest BCUT2D eigenvalue weighted by Gasteiger charge is -2.09. The molecule has 3 aromatic rings. The molecule has 8 heteroatoms. The fraction of sp³-hybridized carbons (Fsp3) is 0.0870. The highest BCUT2D eigenvalue weighted by molar-refractivity contribution is 6.39. The summed E-state index contributed by atoms with van der Waals surface area (Å²) in [4.78, 5) is 23.7. The summed E-state index contributed by atoms with van der Waals surface area (Å²) in [6, 6.07) is 19.4. The summed E-state index contributed by atoms with van der Waals surface area (Å²) in [6.07, 6.45) is 1.42. The van der Waals surface area contributed by atoms with Crippen molar-refractivity contribution in [3.8, 4) is 5.75 Å². The highest BCUT2D eigenvalue weighted by Crippen LogP contribution is 2.25. The Balaban J connectivity index is 1.49. The molecule has 3 rings (SSSR count). The fourth-order valence-corrected chi connectivity index (χ4v) is 3.02. The smallest absolute Gasteiger partial charge is 0.329 e. The Morgan fingerprint density at radius 2 is 1.58 bits per heavy atom. The Hall–Kier alpha value is -3.35. The molecule has 0 heterocycles. The van der Waals surface area contributed by atoms with Gasteiger partial charge in [0.1, 0.15) is 12.4 Å². The van der Waals surface area contributed by atoms with E-state index in [0.717, 1.165) is 5.56 Å². The van der Waals surface area contributed by atoms with Gasteiger partial charge in [0.15, 0.2) is 0 Å². The molecule has 158 valence electrons. The van der Waals surface area contributed by atoms with E-state index in [2.05, 4.69) is 15.8 Å². The number of amides is 2. The van der Waals surface area contributed by atoms with Gasteiger partial charge in [-0.3, -0.25) is 9.59 Å². The lowest BCUT2D eigenvalue weighted by molar-refractivity contribution is -0.136. The second-order valence-electron chi connectivity index (χ2n) is 6.58. The van der Waals surface area contributed by atoms with E-state index in [-0.39, 0.29) is 6.61 Å². The van der Waals surface area contributed by atoms with Crippen molar-refractivity contribution in [2.75, 3.05) is 5.32 Å². The summed E-state index contributed by atoms with van der Waals surface area (Å²) in [5.74, 6) is -1.05. The van der Waals surface area contributed by atoms with E-state index < -0.39 is 11.8 Å². The van der Waals surface area contributed by atoms with E-state index in [9.17, 15) is 9.59 Å². The Labute approximate surface area is 189 Å². The van der Waals surface area contributed by atoms with Gasteiger partial charge >= 0.3 is 11.8 Å². The van der Waals surface area contributed by atoms with Crippen LogP contribution in [0.2, 0.25) is 10.0 Å². The van der Waals surface area contributed by atoms with Crippen LogP contribution in [-0.2, 0) is 16.2 Å². The zero-order chi connectivity index (χ0) is 22.2. The number of anilines is 1. The van der Waals surface area contributed by atoms with Gasteiger partial charge < -0.3 is 10.1 Å². The van der Waals surface area contributed by atoms with Crippen molar-refractivity contribution in [1.82, 2.24) is 5.43 Å². The van der Waals surface area contributed by atoms with E-state index in [1.807, 2.05) is 19.1 Å². The molecule has 0 saturated carbocycles. The van der Waals surface area contributed by atoms with E-state index in [1.54, 1.807) is 54.6 Å². The Kier molecular flexibility index (Phi) is 7.65. The van der Waals surface area contributed by atoms with Crippen LogP contribution in [0.4, 0.5) is 5.69 Å². The standard InChI is InChI=1S/C23H19Cl2N3O3/c1-15-5-9-17(10-6-15)27-22(29)23(30)28-26-13-16-7-11-18(12-8-16)31-14-19-20(24)3-2-4-21(19)25/h2-13H,14H2,1H3,(H,27,29)(H,28,30)/b26-13+. The van der Waals surface area contributed by atoms with Gasteiger partial charge in [-0.1, -0.05) is 47.0 Å². The highest BCUT2D eigenvalue weighted by atomic mass is 35.5. The number of nitrogens with zero attached hydrogens (tertiary/aromatic N) is 1. The van der Waals surface area contributed by atoms with Gasteiger partial charge in [0.25, 0.3) is 0 Å². The highest BCUT2D eigenvalue weighted by Gasteiger charge is 2.12. The predicted molar refractivity (Wildman–Crippen MR) is 123 cm³/mol. The molecule has 2 N–H and O–H groups in total. The van der Waals surface area contributed by atoms with Crippen LogP contribution in [0.25, 0.3) is 0 Å². The topological polar surface area (TPSA) is 79.8 Å². The van der Waals surface area contributed by atoms with E-state index in [0.29, 0.717) is 32.6 Å². The number of halogens is 2. The van der Waals surface area contributed by atoms with Crippen LogP contribution in [0.15, 0.2) is 71.8 Å². The van der Waals surface area contributed by atoms with Crippen molar-refractivity contribution in [1.29, 1.82) is 0 Å². The van der Waals surface area contributed by atoms with Crippen LogP contribution in [0.3, 0.4) is 0 Å². The zero-order valence-electron chi connectivity index (χ0n) is 16.6. The van der Waals surface area contributed by atoms with Crippen LogP contribution in [0.5, 0.6) is 5.75 Å². The molecule has 0 aliphatic rings. The molecule has 0 unspecified atom stereocenters. The summed E-state index contributed by atoms with van der Waals surface area (Å²) < 4.78 is 5.71.